The Balaban J connectivity index is 0.000000385. The van der Waals surface area contributed by atoms with E-state index >= 15 is 0 Å². The van der Waals surface area contributed by atoms with Gasteiger partial charge in [-0.1, -0.05) is 6.42 Å². The molecule has 0 saturated carbocycles. The number of nitrogens with zero attached hydrogens (tertiary/aromatic N) is 1. The van der Waals surface area contributed by atoms with Crippen molar-refractivity contribution in [3.63, 3.8) is 0 Å². The third kappa shape index (κ3) is 14.2. The van der Waals surface area contributed by atoms with E-state index in [1.54, 1.807) is 0 Å². The Hall–Kier alpha value is 0.180. The molecule has 1 rings (SSSR count). The predicted molar refractivity (Wildman–Crippen MR) is 52.8 cm³/mol. The van der Waals surface area contributed by atoms with Crippen molar-refractivity contribution in [2.24, 2.45) is 0 Å². The van der Waals surface area contributed by atoms with Crippen LogP contribution < -0.4 is 0 Å². The van der Waals surface area contributed by atoms with Gasteiger partial charge < -0.3 is 24.5 Å². The Kier molecular flexibility index (Phi) is 6.88. The fraction of sp³-hybridized carbons (Fsp3) is 1.00. The molecule has 1 saturated heterocycles. The van der Waals surface area contributed by atoms with Crippen molar-refractivity contribution in [2.75, 3.05) is 13.1 Å². The second kappa shape index (κ2) is 6.80. The van der Waals surface area contributed by atoms with Gasteiger partial charge in [-0.3, -0.25) is 0 Å². The lowest BCUT2D eigenvalue weighted by molar-refractivity contribution is -0.0927. The summed E-state index contributed by atoms with van der Waals surface area (Å²) in [6, 6.07) is 0. The van der Waals surface area contributed by atoms with Gasteiger partial charge in [0.1, 0.15) is 0 Å². The normalized spacial score (nSPS) is 18.8. The molecule has 11 heteroatoms. The molecule has 1 fully saturated rings. The van der Waals surface area contributed by atoms with Crippen LogP contribution in [0, 0.1) is 0 Å². The smallest absolute Gasteiger partial charge is 0.303 e. The summed E-state index contributed by atoms with van der Waals surface area (Å²) in [5, 5.41) is 1.34. The van der Waals surface area contributed by atoms with Gasteiger partial charge >= 0.3 is 15.6 Å². The first-order valence-corrected chi connectivity index (χ1v) is 7.46. The largest absolute Gasteiger partial charge is 0.486 e. The quantitative estimate of drug-likeness (QED) is 0.424. The average Bonchev–Trinajstić information content (AvgIpc) is 1.99. The van der Waals surface area contributed by atoms with Gasteiger partial charge in [0, 0.05) is 13.1 Å². The molecule has 0 aromatic rings. The number of hydroxylamine groups is 2. The van der Waals surface area contributed by atoms with E-state index < -0.39 is 15.6 Å². The van der Waals surface area contributed by atoms with E-state index in [4.69, 9.17) is 29.0 Å². The summed E-state index contributed by atoms with van der Waals surface area (Å²) in [5.41, 5.74) is 0. The molecule has 0 unspecified atom stereocenters. The van der Waals surface area contributed by atoms with Crippen molar-refractivity contribution < 1.29 is 38.2 Å². The Morgan fingerprint density at radius 1 is 0.875 bits per heavy atom. The minimum atomic E-state index is -4.64. The summed E-state index contributed by atoms with van der Waals surface area (Å²) in [6.45, 7) is 1.23. The maximum absolute atomic E-state index is 10.3. The molecule has 5 N–H and O–H groups in total. The van der Waals surface area contributed by atoms with Crippen molar-refractivity contribution in [2.45, 2.75) is 19.3 Å². The Labute approximate surface area is 92.1 Å². The molecule has 1 aliphatic heterocycles. The number of hydrogen-bond acceptors (Lipinski definition) is 4. The lowest BCUT2D eigenvalue weighted by Gasteiger charge is -2.24. The Morgan fingerprint density at radius 3 is 1.56 bits per heavy atom. The van der Waals surface area contributed by atoms with E-state index in [1.807, 2.05) is 0 Å². The fourth-order valence-electron chi connectivity index (χ4n) is 1.10. The van der Waals surface area contributed by atoms with Crippen molar-refractivity contribution in [1.82, 2.24) is 5.06 Å². The molecule has 1 aliphatic rings. The van der Waals surface area contributed by atoms with Gasteiger partial charge in [-0.15, -0.1) is 0 Å². The zero-order valence-corrected chi connectivity index (χ0v) is 10.1. The molecule has 0 radical (unpaired) electrons. The van der Waals surface area contributed by atoms with Crippen LogP contribution in [0.3, 0.4) is 0 Å². The van der Waals surface area contributed by atoms with Crippen molar-refractivity contribution >= 4 is 15.6 Å². The molecule has 9 nitrogen and oxygen atoms in total. The zero-order valence-electron chi connectivity index (χ0n) is 8.34. The molecule has 0 atom stereocenters. The molecule has 98 valence electrons. The van der Waals surface area contributed by atoms with Crippen molar-refractivity contribution in [3.8, 4) is 0 Å². The van der Waals surface area contributed by atoms with Gasteiger partial charge in [-0.05, 0) is 12.8 Å². The van der Waals surface area contributed by atoms with Crippen LogP contribution in [0.25, 0.3) is 0 Å². The Bertz CT molecular complexity index is 270. The fourth-order valence-corrected chi connectivity index (χ4v) is 1.56. The second-order valence-corrected chi connectivity index (χ2v) is 5.25. The van der Waals surface area contributed by atoms with E-state index in [-0.39, 0.29) is 0 Å². The third-order valence-electron chi connectivity index (χ3n) is 1.54. The molecule has 0 aromatic heterocycles. The molecular weight excluding hydrogens is 264 g/mol. The predicted octanol–water partition coefficient (Wildman–Crippen LogP) is -0.432. The van der Waals surface area contributed by atoms with Crippen LogP contribution in [0.2, 0.25) is 0 Å². The van der Waals surface area contributed by atoms with Crippen LogP contribution in [0.15, 0.2) is 0 Å². The first-order chi connectivity index (χ1) is 7.08. The highest BCUT2D eigenvalue weighted by Gasteiger charge is 2.21. The molecule has 0 bridgehead atoms. The summed E-state index contributed by atoms with van der Waals surface area (Å²) in [6.07, 6.45) is 3.00. The van der Waals surface area contributed by atoms with Crippen LogP contribution in [-0.2, 0) is 13.8 Å². The van der Waals surface area contributed by atoms with Gasteiger partial charge in [-0.2, -0.15) is 9.69 Å². The first kappa shape index (κ1) is 16.2. The van der Waals surface area contributed by atoms with E-state index in [0.29, 0.717) is 13.1 Å². The van der Waals surface area contributed by atoms with Crippen molar-refractivity contribution in [3.05, 3.63) is 0 Å². The topological polar surface area (TPSA) is 148 Å². The highest BCUT2D eigenvalue weighted by Crippen LogP contribution is 2.37. The molecule has 1 heterocycles. The summed E-state index contributed by atoms with van der Waals surface area (Å²) in [4.78, 5) is 38.4. The standard InChI is InChI=1S/C5H12NO4P.H3O4P/c7-11(8,9)10-6-4-2-1-3-5-6;1-5(2,3)4/h1-5H2,(H2,7,8,9);(H3,1,2,3,4). The number of piperidine rings is 1. The van der Waals surface area contributed by atoms with Crippen LogP contribution in [-0.4, -0.2) is 42.6 Å². The molecule has 0 spiro atoms. The minimum absolute atomic E-state index is 0.616. The molecular formula is C5H15NO8P2. The zero-order chi connectivity index (χ0) is 12.8. The van der Waals surface area contributed by atoms with E-state index in [9.17, 15) is 4.57 Å². The molecule has 16 heavy (non-hydrogen) atoms. The SMILES string of the molecule is O=P(O)(O)O.O=P(O)(O)ON1CCCCC1. The van der Waals surface area contributed by atoms with Crippen LogP contribution in [0.4, 0.5) is 0 Å². The average molecular weight is 279 g/mol. The van der Waals surface area contributed by atoms with Crippen LogP contribution in [0.1, 0.15) is 19.3 Å². The van der Waals surface area contributed by atoms with Gasteiger partial charge in [-0.25, -0.2) is 9.13 Å². The van der Waals surface area contributed by atoms with Gasteiger partial charge in [0.25, 0.3) is 0 Å². The summed E-state index contributed by atoms with van der Waals surface area (Å²) < 4.78 is 23.6. The lowest BCUT2D eigenvalue weighted by atomic mass is 10.2. The van der Waals surface area contributed by atoms with Crippen LogP contribution >= 0.6 is 15.6 Å². The lowest BCUT2D eigenvalue weighted by Crippen LogP contribution is -2.28. The van der Waals surface area contributed by atoms with E-state index in [2.05, 4.69) is 4.62 Å². The van der Waals surface area contributed by atoms with Gasteiger partial charge in [0.05, 0.1) is 0 Å². The summed E-state index contributed by atoms with van der Waals surface area (Å²) in [5.74, 6) is 0. The van der Waals surface area contributed by atoms with E-state index in [1.165, 1.54) is 5.06 Å². The van der Waals surface area contributed by atoms with E-state index in [0.717, 1.165) is 19.3 Å². The summed E-state index contributed by atoms with van der Waals surface area (Å²) >= 11 is 0. The maximum Gasteiger partial charge on any atom is 0.486 e. The molecule has 0 aromatic carbocycles. The second-order valence-electron chi connectivity index (χ2n) is 3.08. The Morgan fingerprint density at radius 2 is 1.25 bits per heavy atom. The third-order valence-corrected chi connectivity index (χ3v) is 1.98. The minimum Gasteiger partial charge on any atom is -0.303 e. The van der Waals surface area contributed by atoms with Crippen molar-refractivity contribution in [1.29, 1.82) is 0 Å². The van der Waals surface area contributed by atoms with Gasteiger partial charge in [0.15, 0.2) is 0 Å². The maximum atomic E-state index is 10.3. The number of phosphoric acid groups is 2. The molecule has 0 amide bonds. The first-order valence-electron chi connectivity index (χ1n) is 4.36. The molecule has 0 aliphatic carbocycles. The number of hydrogen-bond donors (Lipinski definition) is 5. The monoisotopic (exact) mass is 279 g/mol. The van der Waals surface area contributed by atoms with Crippen LogP contribution in [0.5, 0.6) is 0 Å². The number of rotatable bonds is 2. The highest BCUT2D eigenvalue weighted by molar-refractivity contribution is 7.46. The van der Waals surface area contributed by atoms with Gasteiger partial charge in [0.2, 0.25) is 0 Å². The highest BCUT2D eigenvalue weighted by atomic mass is 31.2. The summed E-state index contributed by atoms with van der Waals surface area (Å²) in [7, 11) is -8.95.